The van der Waals surface area contributed by atoms with Crippen LogP contribution in [-0.4, -0.2) is 19.9 Å². The lowest BCUT2D eigenvalue weighted by molar-refractivity contribution is 0.173. The summed E-state index contributed by atoms with van der Waals surface area (Å²) in [5.74, 6) is 1.30. The Labute approximate surface area is 118 Å². The average Bonchev–Trinajstić information content (AvgIpc) is 2.76. The van der Waals surface area contributed by atoms with Gasteiger partial charge in [0.1, 0.15) is 12.2 Å². The standard InChI is InChI=1S/C14H18ClN3O/c1-10(2)8-18-14(16-9-17-18)7-13(19)11-3-5-12(15)6-4-11/h3-6,9-10,13,19H,7-8H2,1-2H3. The summed E-state index contributed by atoms with van der Waals surface area (Å²) < 4.78 is 1.85. The summed E-state index contributed by atoms with van der Waals surface area (Å²) in [5, 5.41) is 15.1. The molecule has 0 fully saturated rings. The number of aliphatic hydroxyl groups is 1. The smallest absolute Gasteiger partial charge is 0.138 e. The van der Waals surface area contributed by atoms with Crippen LogP contribution in [0.4, 0.5) is 0 Å². The minimum absolute atomic E-state index is 0.453. The number of aromatic nitrogens is 3. The number of hydrogen-bond acceptors (Lipinski definition) is 3. The second kappa shape index (κ2) is 6.17. The first-order valence-electron chi connectivity index (χ1n) is 6.36. The van der Waals surface area contributed by atoms with Crippen LogP contribution in [0, 0.1) is 5.92 Å². The lowest BCUT2D eigenvalue weighted by Gasteiger charge is -2.13. The van der Waals surface area contributed by atoms with Gasteiger partial charge in [0, 0.05) is 18.0 Å². The third kappa shape index (κ3) is 3.78. The number of hydrogen-bond donors (Lipinski definition) is 1. The summed E-state index contributed by atoms with van der Waals surface area (Å²) in [4.78, 5) is 4.22. The maximum absolute atomic E-state index is 10.2. The third-order valence-electron chi connectivity index (χ3n) is 2.86. The Morgan fingerprint density at radius 1 is 1.26 bits per heavy atom. The van der Waals surface area contributed by atoms with E-state index in [4.69, 9.17) is 11.6 Å². The first-order chi connectivity index (χ1) is 9.06. The van der Waals surface area contributed by atoms with Crippen molar-refractivity contribution in [3.8, 4) is 0 Å². The van der Waals surface area contributed by atoms with Crippen LogP contribution in [0.25, 0.3) is 0 Å². The summed E-state index contributed by atoms with van der Waals surface area (Å²) in [6.07, 6.45) is 1.40. The van der Waals surface area contributed by atoms with Crippen LogP contribution >= 0.6 is 11.6 Å². The van der Waals surface area contributed by atoms with Gasteiger partial charge in [0.15, 0.2) is 0 Å². The van der Waals surface area contributed by atoms with E-state index in [-0.39, 0.29) is 0 Å². The zero-order valence-corrected chi connectivity index (χ0v) is 11.9. The van der Waals surface area contributed by atoms with Gasteiger partial charge >= 0.3 is 0 Å². The topological polar surface area (TPSA) is 50.9 Å². The summed E-state index contributed by atoms with van der Waals surface area (Å²) in [5.41, 5.74) is 0.837. The molecule has 0 amide bonds. The molecule has 0 radical (unpaired) electrons. The molecule has 1 atom stereocenters. The fourth-order valence-corrected chi connectivity index (χ4v) is 2.05. The van der Waals surface area contributed by atoms with Gasteiger partial charge in [-0.2, -0.15) is 5.10 Å². The van der Waals surface area contributed by atoms with Gasteiger partial charge in [-0.15, -0.1) is 0 Å². The van der Waals surface area contributed by atoms with Crippen molar-refractivity contribution >= 4 is 11.6 Å². The minimum atomic E-state index is -0.590. The van der Waals surface area contributed by atoms with Crippen molar-refractivity contribution in [2.45, 2.75) is 32.9 Å². The van der Waals surface area contributed by atoms with Gasteiger partial charge in [0.25, 0.3) is 0 Å². The largest absolute Gasteiger partial charge is 0.388 e. The number of aliphatic hydroxyl groups excluding tert-OH is 1. The van der Waals surface area contributed by atoms with E-state index in [2.05, 4.69) is 23.9 Å². The Morgan fingerprint density at radius 3 is 2.58 bits per heavy atom. The van der Waals surface area contributed by atoms with Gasteiger partial charge in [-0.1, -0.05) is 37.6 Å². The van der Waals surface area contributed by atoms with E-state index in [1.54, 1.807) is 12.1 Å². The molecule has 1 heterocycles. The normalized spacial score (nSPS) is 12.9. The molecule has 1 unspecified atom stereocenters. The van der Waals surface area contributed by atoms with Gasteiger partial charge in [-0.3, -0.25) is 0 Å². The fraction of sp³-hybridized carbons (Fsp3) is 0.429. The Balaban J connectivity index is 2.08. The molecule has 5 heteroatoms. The second-order valence-corrected chi connectivity index (χ2v) is 5.46. The highest BCUT2D eigenvalue weighted by atomic mass is 35.5. The predicted octanol–water partition coefficient (Wildman–Crippen LogP) is 2.86. The summed E-state index contributed by atoms with van der Waals surface area (Å²) >= 11 is 5.83. The maximum Gasteiger partial charge on any atom is 0.138 e. The summed E-state index contributed by atoms with van der Waals surface area (Å²) in [7, 11) is 0. The van der Waals surface area contributed by atoms with Crippen molar-refractivity contribution in [1.29, 1.82) is 0 Å². The highest BCUT2D eigenvalue weighted by Gasteiger charge is 2.13. The molecule has 1 aromatic heterocycles. The van der Waals surface area contributed by atoms with Crippen LogP contribution in [0.3, 0.4) is 0 Å². The Morgan fingerprint density at radius 2 is 1.95 bits per heavy atom. The molecular weight excluding hydrogens is 262 g/mol. The van der Waals surface area contributed by atoms with Gasteiger partial charge in [0.2, 0.25) is 0 Å². The molecule has 2 aromatic rings. The van der Waals surface area contributed by atoms with Crippen molar-refractivity contribution < 1.29 is 5.11 Å². The average molecular weight is 280 g/mol. The van der Waals surface area contributed by atoms with Gasteiger partial charge in [-0.25, -0.2) is 9.67 Å². The van der Waals surface area contributed by atoms with E-state index < -0.39 is 6.10 Å². The molecule has 1 N–H and O–H groups in total. The zero-order valence-electron chi connectivity index (χ0n) is 11.1. The molecule has 0 aliphatic heterocycles. The van der Waals surface area contributed by atoms with Crippen molar-refractivity contribution in [1.82, 2.24) is 14.8 Å². The van der Waals surface area contributed by atoms with E-state index >= 15 is 0 Å². The molecule has 0 saturated carbocycles. The van der Waals surface area contributed by atoms with E-state index in [0.29, 0.717) is 17.4 Å². The molecule has 0 aliphatic rings. The molecule has 0 saturated heterocycles. The number of benzene rings is 1. The second-order valence-electron chi connectivity index (χ2n) is 5.02. The van der Waals surface area contributed by atoms with Gasteiger partial charge in [-0.05, 0) is 23.6 Å². The molecule has 0 spiro atoms. The van der Waals surface area contributed by atoms with Crippen LogP contribution in [0.5, 0.6) is 0 Å². The number of nitrogens with zero attached hydrogens (tertiary/aromatic N) is 3. The van der Waals surface area contributed by atoms with Crippen LogP contribution in [-0.2, 0) is 13.0 Å². The molecule has 2 rings (SSSR count). The molecule has 0 aliphatic carbocycles. The number of rotatable bonds is 5. The molecular formula is C14H18ClN3O. The Kier molecular flexibility index (Phi) is 4.56. The quantitative estimate of drug-likeness (QED) is 0.916. The van der Waals surface area contributed by atoms with Crippen molar-refractivity contribution in [3.63, 3.8) is 0 Å². The first kappa shape index (κ1) is 14.0. The van der Waals surface area contributed by atoms with Crippen LogP contribution in [0.1, 0.15) is 31.3 Å². The summed E-state index contributed by atoms with van der Waals surface area (Å²) in [6, 6.07) is 7.21. The highest BCUT2D eigenvalue weighted by molar-refractivity contribution is 6.30. The molecule has 102 valence electrons. The molecule has 0 bridgehead atoms. The number of halogens is 1. The monoisotopic (exact) mass is 279 g/mol. The zero-order chi connectivity index (χ0) is 13.8. The highest BCUT2D eigenvalue weighted by Crippen LogP contribution is 2.19. The van der Waals surface area contributed by atoms with E-state index in [1.165, 1.54) is 6.33 Å². The van der Waals surface area contributed by atoms with E-state index in [0.717, 1.165) is 17.9 Å². The Bertz CT molecular complexity index is 522. The summed E-state index contributed by atoms with van der Waals surface area (Å²) in [6.45, 7) is 5.06. The predicted molar refractivity (Wildman–Crippen MR) is 75.0 cm³/mol. The van der Waals surface area contributed by atoms with Crippen molar-refractivity contribution in [2.75, 3.05) is 0 Å². The minimum Gasteiger partial charge on any atom is -0.388 e. The fourth-order valence-electron chi connectivity index (χ4n) is 1.92. The first-order valence-corrected chi connectivity index (χ1v) is 6.74. The lowest BCUT2D eigenvalue weighted by atomic mass is 10.1. The lowest BCUT2D eigenvalue weighted by Crippen LogP contribution is -2.13. The molecule has 19 heavy (non-hydrogen) atoms. The third-order valence-corrected chi connectivity index (χ3v) is 3.12. The van der Waals surface area contributed by atoms with Crippen LogP contribution in [0.2, 0.25) is 5.02 Å². The van der Waals surface area contributed by atoms with Crippen molar-refractivity contribution in [3.05, 3.63) is 47.0 Å². The van der Waals surface area contributed by atoms with Crippen LogP contribution in [0.15, 0.2) is 30.6 Å². The van der Waals surface area contributed by atoms with Gasteiger partial charge < -0.3 is 5.11 Å². The molecule has 4 nitrogen and oxygen atoms in total. The molecule has 1 aromatic carbocycles. The van der Waals surface area contributed by atoms with Crippen LogP contribution < -0.4 is 0 Å². The Hall–Kier alpha value is -1.39. The van der Waals surface area contributed by atoms with Gasteiger partial charge in [0.05, 0.1) is 6.10 Å². The SMILES string of the molecule is CC(C)Cn1ncnc1CC(O)c1ccc(Cl)cc1. The van der Waals surface area contributed by atoms with Crippen molar-refractivity contribution in [2.24, 2.45) is 5.92 Å². The van der Waals surface area contributed by atoms with E-state index in [9.17, 15) is 5.11 Å². The maximum atomic E-state index is 10.2. The van der Waals surface area contributed by atoms with E-state index in [1.807, 2.05) is 16.8 Å².